The highest BCUT2D eigenvalue weighted by atomic mass is 16.4. The highest BCUT2D eigenvalue weighted by Gasteiger charge is 2.35. The lowest BCUT2D eigenvalue weighted by Crippen LogP contribution is -2.34. The quantitative estimate of drug-likeness (QED) is 0.900. The van der Waals surface area contributed by atoms with E-state index in [4.69, 9.17) is 0 Å². The summed E-state index contributed by atoms with van der Waals surface area (Å²) in [6, 6.07) is 19.1. The van der Waals surface area contributed by atoms with Crippen LogP contribution in [-0.2, 0) is 16.6 Å². The van der Waals surface area contributed by atoms with Gasteiger partial charge in [-0.15, -0.1) is 0 Å². The van der Waals surface area contributed by atoms with E-state index in [0.717, 1.165) is 11.1 Å². The van der Waals surface area contributed by atoms with E-state index in [9.17, 15) is 9.90 Å². The van der Waals surface area contributed by atoms with E-state index >= 15 is 0 Å². The maximum atomic E-state index is 11.6. The van der Waals surface area contributed by atoms with Gasteiger partial charge in [0.25, 0.3) is 0 Å². The Morgan fingerprint density at radius 1 is 1.00 bits per heavy atom. The maximum absolute atomic E-state index is 11.6. The number of carbonyl (C=O) groups is 1. The van der Waals surface area contributed by atoms with Crippen LogP contribution in [0.2, 0.25) is 0 Å². The van der Waals surface area contributed by atoms with Crippen LogP contribution in [0.1, 0.15) is 25.5 Å². The average molecular weight is 256 g/mol. The van der Waals surface area contributed by atoms with E-state index in [1.165, 1.54) is 0 Å². The fraction of sp³-hybridized carbons (Fsp3) is 0.235. The first kappa shape index (κ1) is 15.0. The zero-order valence-electron chi connectivity index (χ0n) is 10.3. The molecule has 2 heteroatoms. The van der Waals surface area contributed by atoms with Crippen LogP contribution in [0, 0.1) is 0 Å². The summed E-state index contributed by atoms with van der Waals surface area (Å²) in [4.78, 5) is 11.6. The Bertz CT molecular complexity index is 519. The summed E-state index contributed by atoms with van der Waals surface area (Å²) in [6.45, 7) is 1.78. The Morgan fingerprint density at radius 2 is 1.47 bits per heavy atom. The van der Waals surface area contributed by atoms with Crippen LogP contribution >= 0.6 is 0 Å². The van der Waals surface area contributed by atoms with E-state index in [1.54, 1.807) is 6.92 Å². The fourth-order valence-corrected chi connectivity index (χ4v) is 2.11. The molecule has 0 radical (unpaired) electrons. The van der Waals surface area contributed by atoms with E-state index in [1.807, 2.05) is 60.7 Å². The van der Waals surface area contributed by atoms with Crippen LogP contribution < -0.4 is 0 Å². The van der Waals surface area contributed by atoms with Crippen LogP contribution in [0.5, 0.6) is 0 Å². The van der Waals surface area contributed by atoms with Crippen LogP contribution in [0.15, 0.2) is 60.7 Å². The number of aliphatic carboxylic acids is 1. The molecule has 2 rings (SSSR count). The first-order valence-electron chi connectivity index (χ1n) is 5.96. The molecule has 0 heterocycles. The molecule has 0 amide bonds. The summed E-state index contributed by atoms with van der Waals surface area (Å²) < 4.78 is 0. The predicted molar refractivity (Wildman–Crippen MR) is 78.3 cm³/mol. The molecule has 1 unspecified atom stereocenters. The normalized spacial score (nSPS) is 13.1. The van der Waals surface area contributed by atoms with Gasteiger partial charge >= 0.3 is 5.97 Å². The zero-order valence-corrected chi connectivity index (χ0v) is 10.3. The van der Waals surface area contributed by atoms with Crippen molar-refractivity contribution in [3.8, 4) is 0 Å². The highest BCUT2D eigenvalue weighted by Crippen LogP contribution is 2.28. The standard InChI is InChI=1S/C16H16O2.CH4/c1-16(15(17)18,14-10-6-3-7-11-14)12-13-8-4-2-5-9-13;/h2-11H,12H2,1H3,(H,17,18);1H4. The van der Waals surface area contributed by atoms with Crippen LogP contribution in [0.25, 0.3) is 0 Å². The smallest absolute Gasteiger partial charge is 0.314 e. The molecular formula is C17H20O2. The molecule has 100 valence electrons. The molecule has 0 saturated heterocycles. The number of carboxylic acid groups (broad SMARTS) is 1. The lowest BCUT2D eigenvalue weighted by molar-refractivity contribution is -0.143. The molecule has 0 aliphatic heterocycles. The second kappa shape index (κ2) is 6.19. The van der Waals surface area contributed by atoms with Crippen molar-refractivity contribution in [1.82, 2.24) is 0 Å². The van der Waals surface area contributed by atoms with E-state index in [-0.39, 0.29) is 7.43 Å². The number of carboxylic acids is 1. The molecule has 0 aromatic heterocycles. The van der Waals surface area contributed by atoms with Gasteiger partial charge < -0.3 is 5.11 Å². The summed E-state index contributed by atoms with van der Waals surface area (Å²) in [5.74, 6) is -0.794. The second-order valence-corrected chi connectivity index (χ2v) is 4.67. The minimum Gasteiger partial charge on any atom is -0.481 e. The molecular weight excluding hydrogens is 236 g/mol. The Morgan fingerprint density at radius 3 is 1.95 bits per heavy atom. The van der Waals surface area contributed by atoms with Crippen molar-refractivity contribution in [2.24, 2.45) is 0 Å². The monoisotopic (exact) mass is 256 g/mol. The minimum absolute atomic E-state index is 0. The minimum atomic E-state index is -0.886. The average Bonchev–Trinajstić information content (AvgIpc) is 2.40. The molecule has 1 N–H and O–H groups in total. The largest absolute Gasteiger partial charge is 0.481 e. The van der Waals surface area contributed by atoms with Crippen LogP contribution in [0.3, 0.4) is 0 Å². The molecule has 2 nitrogen and oxygen atoms in total. The summed E-state index contributed by atoms with van der Waals surface area (Å²) in [6.07, 6.45) is 0.493. The van der Waals surface area contributed by atoms with E-state index < -0.39 is 11.4 Å². The Kier molecular flexibility index (Phi) is 4.87. The molecule has 0 bridgehead atoms. The van der Waals surface area contributed by atoms with Crippen molar-refractivity contribution in [2.75, 3.05) is 0 Å². The van der Waals surface area contributed by atoms with Gasteiger partial charge in [0.15, 0.2) is 0 Å². The van der Waals surface area contributed by atoms with Crippen LogP contribution in [-0.4, -0.2) is 11.1 Å². The Labute approximate surface area is 114 Å². The lowest BCUT2D eigenvalue weighted by Gasteiger charge is -2.25. The molecule has 0 saturated carbocycles. The third kappa shape index (κ3) is 3.22. The maximum Gasteiger partial charge on any atom is 0.314 e. The first-order valence-corrected chi connectivity index (χ1v) is 5.96. The molecule has 1 atom stereocenters. The summed E-state index contributed by atoms with van der Waals surface area (Å²) in [5, 5.41) is 9.55. The summed E-state index contributed by atoms with van der Waals surface area (Å²) >= 11 is 0. The Balaban J connectivity index is 0.00000180. The summed E-state index contributed by atoms with van der Waals surface area (Å²) in [7, 11) is 0. The van der Waals surface area contributed by atoms with Gasteiger partial charge in [-0.2, -0.15) is 0 Å². The number of rotatable bonds is 4. The van der Waals surface area contributed by atoms with Gasteiger partial charge in [-0.25, -0.2) is 0 Å². The van der Waals surface area contributed by atoms with E-state index in [0.29, 0.717) is 6.42 Å². The van der Waals surface area contributed by atoms with Crippen molar-refractivity contribution >= 4 is 5.97 Å². The van der Waals surface area contributed by atoms with Crippen molar-refractivity contribution in [1.29, 1.82) is 0 Å². The number of hydrogen-bond acceptors (Lipinski definition) is 1. The predicted octanol–water partition coefficient (Wildman–Crippen LogP) is 3.91. The number of hydrogen-bond donors (Lipinski definition) is 1. The molecule has 19 heavy (non-hydrogen) atoms. The fourth-order valence-electron chi connectivity index (χ4n) is 2.11. The molecule has 0 aliphatic rings. The van der Waals surface area contributed by atoms with Gasteiger partial charge in [-0.1, -0.05) is 68.1 Å². The third-order valence-electron chi connectivity index (χ3n) is 3.28. The van der Waals surface area contributed by atoms with Gasteiger partial charge in [-0.05, 0) is 24.5 Å². The van der Waals surface area contributed by atoms with Gasteiger partial charge in [0.05, 0.1) is 5.41 Å². The Hall–Kier alpha value is -2.09. The molecule has 0 fully saturated rings. The third-order valence-corrected chi connectivity index (χ3v) is 3.28. The van der Waals surface area contributed by atoms with Crippen molar-refractivity contribution < 1.29 is 9.90 Å². The second-order valence-electron chi connectivity index (χ2n) is 4.67. The SMILES string of the molecule is C.CC(Cc1ccccc1)(C(=O)O)c1ccccc1. The number of benzene rings is 2. The van der Waals surface area contributed by atoms with Crippen molar-refractivity contribution in [2.45, 2.75) is 26.2 Å². The van der Waals surface area contributed by atoms with Gasteiger partial charge in [0.1, 0.15) is 0 Å². The van der Waals surface area contributed by atoms with Crippen molar-refractivity contribution in [3.63, 3.8) is 0 Å². The van der Waals surface area contributed by atoms with Gasteiger partial charge in [0.2, 0.25) is 0 Å². The topological polar surface area (TPSA) is 37.3 Å². The molecule has 0 aliphatic carbocycles. The van der Waals surface area contributed by atoms with Crippen molar-refractivity contribution in [3.05, 3.63) is 71.8 Å². The highest BCUT2D eigenvalue weighted by molar-refractivity contribution is 5.81. The first-order chi connectivity index (χ1) is 8.63. The lowest BCUT2D eigenvalue weighted by atomic mass is 9.77. The molecule has 0 spiro atoms. The molecule has 2 aromatic carbocycles. The van der Waals surface area contributed by atoms with Gasteiger partial charge in [-0.3, -0.25) is 4.79 Å². The summed E-state index contributed by atoms with van der Waals surface area (Å²) in [5.41, 5.74) is 0.982. The van der Waals surface area contributed by atoms with Crippen LogP contribution in [0.4, 0.5) is 0 Å². The van der Waals surface area contributed by atoms with Gasteiger partial charge in [0, 0.05) is 0 Å². The molecule has 2 aromatic rings. The van der Waals surface area contributed by atoms with E-state index in [2.05, 4.69) is 0 Å². The zero-order chi connectivity index (χ0) is 13.0.